The van der Waals surface area contributed by atoms with E-state index in [4.69, 9.17) is 11.6 Å². The highest BCUT2D eigenvalue weighted by molar-refractivity contribution is 14.1. The molecule has 0 fully saturated rings. The number of hydrogen-bond donors (Lipinski definition) is 0. The van der Waals surface area contributed by atoms with Crippen LogP contribution in [-0.4, -0.2) is 0 Å². The highest BCUT2D eigenvalue weighted by Gasteiger charge is 2.18. The van der Waals surface area contributed by atoms with Gasteiger partial charge in [0.15, 0.2) is 0 Å². The predicted molar refractivity (Wildman–Crippen MR) is 80.9 cm³/mol. The van der Waals surface area contributed by atoms with Gasteiger partial charge in [0.25, 0.3) is 0 Å². The van der Waals surface area contributed by atoms with E-state index in [2.05, 4.69) is 38.5 Å². The smallest absolute Gasteiger partial charge is 0.131 e. The molecule has 1 unspecified atom stereocenters. The molecule has 0 bridgehead atoms. The Morgan fingerprint density at radius 3 is 2.44 bits per heavy atom. The molecule has 1 atom stereocenters. The summed E-state index contributed by atoms with van der Waals surface area (Å²) in [5.74, 6) is -1.24. The molecule has 2 aromatic rings. The second kappa shape index (κ2) is 5.84. The molecule has 2 aromatic carbocycles. The fraction of sp³-hybridized carbons (Fsp3) is 0.0769. The minimum Gasteiger partial charge on any atom is -0.207 e. The van der Waals surface area contributed by atoms with Crippen LogP contribution in [0, 0.1) is 15.2 Å². The van der Waals surface area contributed by atoms with E-state index < -0.39 is 17.0 Å². The second-order valence-electron chi connectivity index (χ2n) is 3.69. The maximum atomic E-state index is 13.7. The Kier molecular flexibility index (Phi) is 4.61. The fourth-order valence-electron chi connectivity index (χ4n) is 1.58. The molecule has 0 amide bonds. The molecule has 0 nitrogen and oxygen atoms in total. The van der Waals surface area contributed by atoms with Gasteiger partial charge in [0.05, 0.1) is 5.38 Å². The van der Waals surface area contributed by atoms with Gasteiger partial charge in [-0.2, -0.15) is 0 Å². The molecule has 5 heteroatoms. The van der Waals surface area contributed by atoms with Gasteiger partial charge in [0.2, 0.25) is 0 Å². The summed E-state index contributed by atoms with van der Waals surface area (Å²) in [6.45, 7) is 0. The van der Waals surface area contributed by atoms with Gasteiger partial charge >= 0.3 is 0 Å². The van der Waals surface area contributed by atoms with E-state index in [1.807, 2.05) is 18.2 Å². The molecule has 2 rings (SSSR count). The molecule has 0 aliphatic rings. The van der Waals surface area contributed by atoms with Crippen molar-refractivity contribution in [1.29, 1.82) is 0 Å². The third kappa shape index (κ3) is 3.03. The first kappa shape index (κ1) is 14.2. The number of benzene rings is 2. The Bertz CT molecular complexity index is 589. The lowest BCUT2D eigenvalue weighted by Crippen LogP contribution is -2.00. The normalized spacial score (nSPS) is 12.5. The molecular formula is C13H7BrClF2I. The maximum Gasteiger partial charge on any atom is 0.131 e. The molecule has 0 aliphatic carbocycles. The van der Waals surface area contributed by atoms with Gasteiger partial charge in [-0.25, -0.2) is 8.78 Å². The van der Waals surface area contributed by atoms with Crippen molar-refractivity contribution < 1.29 is 8.78 Å². The first-order chi connectivity index (χ1) is 8.49. The topological polar surface area (TPSA) is 0 Å². The quantitative estimate of drug-likeness (QED) is 0.415. The van der Waals surface area contributed by atoms with E-state index in [1.165, 1.54) is 12.1 Å². The van der Waals surface area contributed by atoms with Gasteiger partial charge in [-0.15, -0.1) is 11.6 Å². The standard InChI is InChI=1S/C13H7BrClF2I/c14-7-1-4-12(18)10(5-7)13(15)9-3-2-8(16)6-11(9)17/h1-6,13H. The summed E-state index contributed by atoms with van der Waals surface area (Å²) < 4.78 is 28.3. The Hall–Kier alpha value is -0.200. The van der Waals surface area contributed by atoms with Crippen LogP contribution in [0.15, 0.2) is 40.9 Å². The average molecular weight is 443 g/mol. The van der Waals surface area contributed by atoms with E-state index >= 15 is 0 Å². The summed E-state index contributed by atoms with van der Waals surface area (Å²) >= 11 is 11.8. The van der Waals surface area contributed by atoms with E-state index in [0.29, 0.717) is 0 Å². The summed E-state index contributed by atoms with van der Waals surface area (Å²) in [4.78, 5) is 0. The molecule has 0 radical (unpaired) electrons. The van der Waals surface area contributed by atoms with Crippen LogP contribution in [-0.2, 0) is 0 Å². The summed E-state index contributed by atoms with van der Waals surface area (Å²) in [6, 6.07) is 9.03. The van der Waals surface area contributed by atoms with Crippen LogP contribution < -0.4 is 0 Å². The third-order valence-electron chi connectivity index (χ3n) is 2.47. The summed E-state index contributed by atoms with van der Waals surface area (Å²) in [5, 5.41) is -0.644. The van der Waals surface area contributed by atoms with E-state index in [9.17, 15) is 8.78 Å². The number of rotatable bonds is 2. The van der Waals surface area contributed by atoms with Gasteiger partial charge in [0.1, 0.15) is 11.6 Å². The number of halogens is 5. The van der Waals surface area contributed by atoms with Crippen molar-refractivity contribution in [3.05, 3.63) is 67.2 Å². The van der Waals surface area contributed by atoms with Gasteiger partial charge in [-0.3, -0.25) is 0 Å². The summed E-state index contributed by atoms with van der Waals surface area (Å²) in [6.07, 6.45) is 0. The largest absolute Gasteiger partial charge is 0.207 e. The first-order valence-electron chi connectivity index (χ1n) is 5.03. The maximum absolute atomic E-state index is 13.7. The first-order valence-corrected chi connectivity index (χ1v) is 7.34. The van der Waals surface area contributed by atoms with Crippen molar-refractivity contribution >= 4 is 50.1 Å². The summed E-state index contributed by atoms with van der Waals surface area (Å²) in [5.41, 5.74) is 1.06. The zero-order valence-corrected chi connectivity index (χ0v) is 13.4. The Labute approximate surface area is 131 Å². The molecule has 0 heterocycles. The summed E-state index contributed by atoms with van der Waals surface area (Å²) in [7, 11) is 0. The SMILES string of the molecule is Fc1ccc(C(Cl)c2cc(Br)ccc2I)c(F)c1. The minimum atomic E-state index is -0.644. The van der Waals surface area contributed by atoms with Crippen molar-refractivity contribution in [1.82, 2.24) is 0 Å². The molecule has 18 heavy (non-hydrogen) atoms. The van der Waals surface area contributed by atoms with Crippen LogP contribution in [0.1, 0.15) is 16.5 Å². The van der Waals surface area contributed by atoms with Crippen LogP contribution >= 0.6 is 50.1 Å². The van der Waals surface area contributed by atoms with Gasteiger partial charge in [0, 0.05) is 19.7 Å². The van der Waals surface area contributed by atoms with Crippen molar-refractivity contribution in [2.24, 2.45) is 0 Å². The second-order valence-corrected chi connectivity index (χ2v) is 6.21. The Morgan fingerprint density at radius 1 is 1.06 bits per heavy atom. The molecule has 0 aromatic heterocycles. The lowest BCUT2D eigenvalue weighted by molar-refractivity contribution is 0.573. The third-order valence-corrected chi connectivity index (χ3v) is 4.41. The van der Waals surface area contributed by atoms with E-state index in [-0.39, 0.29) is 5.56 Å². The molecule has 0 saturated carbocycles. The van der Waals surface area contributed by atoms with Gasteiger partial charge < -0.3 is 0 Å². The van der Waals surface area contributed by atoms with Crippen LogP contribution in [0.4, 0.5) is 8.78 Å². The highest BCUT2D eigenvalue weighted by atomic mass is 127. The van der Waals surface area contributed by atoms with Gasteiger partial charge in [-0.1, -0.05) is 22.0 Å². The van der Waals surface area contributed by atoms with Crippen LogP contribution in [0.25, 0.3) is 0 Å². The molecule has 94 valence electrons. The number of hydrogen-bond acceptors (Lipinski definition) is 0. The van der Waals surface area contributed by atoms with E-state index in [0.717, 1.165) is 19.7 Å². The Morgan fingerprint density at radius 2 is 1.78 bits per heavy atom. The highest BCUT2D eigenvalue weighted by Crippen LogP contribution is 2.35. The van der Waals surface area contributed by atoms with Crippen LogP contribution in [0.5, 0.6) is 0 Å². The monoisotopic (exact) mass is 442 g/mol. The van der Waals surface area contributed by atoms with Crippen molar-refractivity contribution in [2.45, 2.75) is 5.38 Å². The molecule has 0 saturated heterocycles. The molecule has 0 aliphatic heterocycles. The van der Waals surface area contributed by atoms with E-state index in [1.54, 1.807) is 0 Å². The van der Waals surface area contributed by atoms with Crippen LogP contribution in [0.3, 0.4) is 0 Å². The average Bonchev–Trinajstić information content (AvgIpc) is 2.31. The minimum absolute atomic E-state index is 0.272. The van der Waals surface area contributed by atoms with Crippen molar-refractivity contribution in [3.8, 4) is 0 Å². The van der Waals surface area contributed by atoms with Crippen LogP contribution in [0.2, 0.25) is 0 Å². The zero-order valence-electron chi connectivity index (χ0n) is 8.93. The molecule has 0 spiro atoms. The van der Waals surface area contributed by atoms with Crippen molar-refractivity contribution in [2.75, 3.05) is 0 Å². The lowest BCUT2D eigenvalue weighted by Gasteiger charge is -2.13. The zero-order chi connectivity index (χ0) is 13.3. The fourth-order valence-corrected chi connectivity index (χ4v) is 3.15. The van der Waals surface area contributed by atoms with Gasteiger partial charge in [-0.05, 0) is 52.4 Å². The molecular weight excluding hydrogens is 436 g/mol. The number of alkyl halides is 1. The molecule has 0 N–H and O–H groups in total. The Balaban J connectivity index is 2.47. The lowest BCUT2D eigenvalue weighted by atomic mass is 10.0. The van der Waals surface area contributed by atoms with Crippen molar-refractivity contribution in [3.63, 3.8) is 0 Å². The predicted octanol–water partition coefficient (Wildman–Crippen LogP) is 5.66.